The lowest BCUT2D eigenvalue weighted by atomic mass is 10.3. The van der Waals surface area contributed by atoms with Gasteiger partial charge in [-0.3, -0.25) is 0 Å². The maximum atomic E-state index is 12.9. The molecule has 0 atom stereocenters. The fraction of sp³-hybridized carbons (Fsp3) is 0. The van der Waals surface area contributed by atoms with Gasteiger partial charge in [0, 0.05) is 9.26 Å². The molecule has 0 amide bonds. The summed E-state index contributed by atoms with van der Waals surface area (Å²) in [4.78, 5) is 0. The van der Waals surface area contributed by atoms with E-state index in [-0.39, 0.29) is 10.9 Å². The van der Waals surface area contributed by atoms with E-state index >= 15 is 0 Å². The number of nitrogens with one attached hydrogen (secondary N) is 1. The first-order valence-corrected chi connectivity index (χ1v) is 4.60. The molecular formula is C7H6FIN2S. The van der Waals surface area contributed by atoms with Crippen LogP contribution in [0.5, 0.6) is 0 Å². The number of thiocarbonyl (C=S) groups is 1. The monoisotopic (exact) mass is 296 g/mol. The maximum Gasteiger partial charge on any atom is 0.168 e. The van der Waals surface area contributed by atoms with E-state index in [1.54, 1.807) is 12.1 Å². The zero-order valence-electron chi connectivity index (χ0n) is 5.97. The SMILES string of the molecule is NC(=S)Nc1ccc(I)c(F)c1. The molecule has 0 spiro atoms. The van der Waals surface area contributed by atoms with Crippen LogP contribution in [0.15, 0.2) is 18.2 Å². The summed E-state index contributed by atoms with van der Waals surface area (Å²) in [6, 6.07) is 4.71. The summed E-state index contributed by atoms with van der Waals surface area (Å²) >= 11 is 6.50. The lowest BCUT2D eigenvalue weighted by Gasteiger charge is -2.03. The molecule has 3 N–H and O–H groups in total. The smallest absolute Gasteiger partial charge is 0.168 e. The normalized spacial score (nSPS) is 9.50. The number of benzene rings is 1. The van der Waals surface area contributed by atoms with Gasteiger partial charge >= 0.3 is 0 Å². The average Bonchev–Trinajstić information content (AvgIpc) is 1.96. The Morgan fingerprint density at radius 2 is 2.25 bits per heavy atom. The third-order valence-corrected chi connectivity index (χ3v) is 2.16. The van der Waals surface area contributed by atoms with Crippen LogP contribution in [0.4, 0.5) is 10.1 Å². The van der Waals surface area contributed by atoms with Crippen LogP contribution >= 0.6 is 34.8 Å². The molecule has 0 fully saturated rings. The van der Waals surface area contributed by atoms with Gasteiger partial charge in [0.1, 0.15) is 5.82 Å². The van der Waals surface area contributed by atoms with Crippen LogP contribution in [0.3, 0.4) is 0 Å². The molecule has 64 valence electrons. The minimum Gasteiger partial charge on any atom is -0.376 e. The molecule has 0 aliphatic carbocycles. The zero-order chi connectivity index (χ0) is 9.14. The second-order valence-electron chi connectivity index (χ2n) is 2.12. The third-order valence-electron chi connectivity index (χ3n) is 1.19. The number of hydrogen-bond donors (Lipinski definition) is 2. The lowest BCUT2D eigenvalue weighted by molar-refractivity contribution is 0.621. The molecule has 0 saturated heterocycles. The van der Waals surface area contributed by atoms with Crippen LogP contribution in [-0.2, 0) is 0 Å². The van der Waals surface area contributed by atoms with Crippen LogP contribution in [0.2, 0.25) is 0 Å². The van der Waals surface area contributed by atoms with Gasteiger partial charge in [-0.15, -0.1) is 0 Å². The molecule has 5 heteroatoms. The largest absolute Gasteiger partial charge is 0.376 e. The molecule has 1 aromatic rings. The fourth-order valence-corrected chi connectivity index (χ4v) is 1.17. The van der Waals surface area contributed by atoms with Gasteiger partial charge in [-0.05, 0) is 53.0 Å². The van der Waals surface area contributed by atoms with Crippen molar-refractivity contribution in [3.05, 3.63) is 27.6 Å². The number of nitrogens with two attached hydrogens (primary N) is 1. The molecule has 0 bridgehead atoms. The van der Waals surface area contributed by atoms with Crippen molar-refractivity contribution in [2.45, 2.75) is 0 Å². The first-order valence-electron chi connectivity index (χ1n) is 3.11. The summed E-state index contributed by atoms with van der Waals surface area (Å²) < 4.78 is 13.5. The molecule has 0 heterocycles. The second kappa shape index (κ2) is 3.99. The Balaban J connectivity index is 2.89. The fourth-order valence-electron chi connectivity index (χ4n) is 0.716. The molecular weight excluding hydrogens is 290 g/mol. The zero-order valence-corrected chi connectivity index (χ0v) is 8.95. The molecule has 2 nitrogen and oxygen atoms in total. The summed E-state index contributed by atoms with van der Waals surface area (Å²) in [5, 5.41) is 2.77. The van der Waals surface area contributed by atoms with E-state index in [2.05, 4.69) is 17.5 Å². The van der Waals surface area contributed by atoms with Gasteiger partial charge in [0.2, 0.25) is 0 Å². The highest BCUT2D eigenvalue weighted by atomic mass is 127. The topological polar surface area (TPSA) is 38.0 Å². The molecule has 0 saturated carbocycles. The predicted molar refractivity (Wildman–Crippen MR) is 59.5 cm³/mol. The summed E-state index contributed by atoms with van der Waals surface area (Å²) in [6.45, 7) is 0. The quantitative estimate of drug-likeness (QED) is 0.615. The minimum absolute atomic E-state index is 0.135. The molecule has 0 radical (unpaired) electrons. The van der Waals surface area contributed by atoms with Crippen molar-refractivity contribution in [2.75, 3.05) is 5.32 Å². The van der Waals surface area contributed by atoms with Crippen LogP contribution in [-0.4, -0.2) is 5.11 Å². The highest BCUT2D eigenvalue weighted by Gasteiger charge is 1.99. The van der Waals surface area contributed by atoms with Gasteiger partial charge in [0.05, 0.1) is 0 Å². The van der Waals surface area contributed by atoms with E-state index in [4.69, 9.17) is 5.73 Å². The van der Waals surface area contributed by atoms with Gasteiger partial charge in [0.25, 0.3) is 0 Å². The predicted octanol–water partition coefficient (Wildman–Crippen LogP) is 2.09. The minimum atomic E-state index is -0.281. The van der Waals surface area contributed by atoms with Gasteiger partial charge in [-0.25, -0.2) is 4.39 Å². The molecule has 0 unspecified atom stereocenters. The molecule has 1 rings (SSSR count). The standard InChI is InChI=1S/C7H6FIN2S/c8-5-3-4(11-7(10)12)1-2-6(5)9/h1-3H,(H3,10,11,12). The number of rotatable bonds is 1. The Bertz CT molecular complexity index is 316. The highest BCUT2D eigenvalue weighted by molar-refractivity contribution is 14.1. The van der Waals surface area contributed by atoms with Crippen molar-refractivity contribution in [1.29, 1.82) is 0 Å². The Morgan fingerprint density at radius 1 is 1.58 bits per heavy atom. The average molecular weight is 296 g/mol. The van der Waals surface area contributed by atoms with Crippen molar-refractivity contribution < 1.29 is 4.39 Å². The van der Waals surface area contributed by atoms with E-state index in [1.165, 1.54) is 6.07 Å². The molecule has 12 heavy (non-hydrogen) atoms. The van der Waals surface area contributed by atoms with Crippen LogP contribution in [0, 0.1) is 9.39 Å². The van der Waals surface area contributed by atoms with E-state index in [9.17, 15) is 4.39 Å². The van der Waals surface area contributed by atoms with Crippen LogP contribution in [0.25, 0.3) is 0 Å². The first-order chi connectivity index (χ1) is 5.59. The summed E-state index contributed by atoms with van der Waals surface area (Å²) in [5.74, 6) is -0.281. The number of halogens is 2. The summed E-state index contributed by atoms with van der Waals surface area (Å²) in [5.41, 5.74) is 5.78. The molecule has 0 aromatic heterocycles. The van der Waals surface area contributed by atoms with Crippen molar-refractivity contribution in [3.63, 3.8) is 0 Å². The lowest BCUT2D eigenvalue weighted by Crippen LogP contribution is -2.18. The number of anilines is 1. The first kappa shape index (κ1) is 9.66. The van der Waals surface area contributed by atoms with Gasteiger partial charge in [-0.1, -0.05) is 0 Å². The Morgan fingerprint density at radius 3 is 2.75 bits per heavy atom. The van der Waals surface area contributed by atoms with Crippen LogP contribution in [0.1, 0.15) is 0 Å². The van der Waals surface area contributed by atoms with E-state index in [0.29, 0.717) is 9.26 Å². The molecule has 0 aliphatic rings. The van der Waals surface area contributed by atoms with Crippen LogP contribution < -0.4 is 11.1 Å². The van der Waals surface area contributed by atoms with Gasteiger partial charge < -0.3 is 11.1 Å². The van der Waals surface area contributed by atoms with Gasteiger partial charge in [-0.2, -0.15) is 0 Å². The van der Waals surface area contributed by atoms with Gasteiger partial charge in [0.15, 0.2) is 5.11 Å². The second-order valence-corrected chi connectivity index (χ2v) is 3.72. The summed E-state index contributed by atoms with van der Waals surface area (Å²) in [6.07, 6.45) is 0. The van der Waals surface area contributed by atoms with Crippen molar-refractivity contribution in [1.82, 2.24) is 0 Å². The maximum absolute atomic E-state index is 12.9. The van der Waals surface area contributed by atoms with Crippen molar-refractivity contribution >= 4 is 45.6 Å². The number of hydrogen-bond acceptors (Lipinski definition) is 1. The Hall–Kier alpha value is -0.430. The highest BCUT2D eigenvalue weighted by Crippen LogP contribution is 2.15. The molecule has 1 aromatic carbocycles. The van der Waals surface area contributed by atoms with E-state index in [1.807, 2.05) is 22.6 Å². The van der Waals surface area contributed by atoms with E-state index in [0.717, 1.165) is 0 Å². The summed E-state index contributed by atoms with van der Waals surface area (Å²) in [7, 11) is 0. The third kappa shape index (κ3) is 2.56. The Labute approximate surface area is 88.5 Å². The van der Waals surface area contributed by atoms with E-state index < -0.39 is 0 Å². The van der Waals surface area contributed by atoms with Crippen molar-refractivity contribution in [3.8, 4) is 0 Å². The Kier molecular flexibility index (Phi) is 3.21. The van der Waals surface area contributed by atoms with Crippen molar-refractivity contribution in [2.24, 2.45) is 5.73 Å². The molecule has 0 aliphatic heterocycles.